The summed E-state index contributed by atoms with van der Waals surface area (Å²) in [6, 6.07) is 0. The molecule has 0 saturated carbocycles. The zero-order chi connectivity index (χ0) is 2.71. The Bertz CT molecular complexity index is 14.4. The van der Waals surface area contributed by atoms with Gasteiger partial charge in [-0.2, -0.15) is 0 Å². The Hall–Kier alpha value is 0.714. The van der Waals surface area contributed by atoms with Crippen molar-refractivity contribution in [2.45, 2.75) is 0 Å². The van der Waals surface area contributed by atoms with Gasteiger partial charge in [-0.15, -0.1) is 6.58 Å². The number of hydrogen-bond donors (Lipinski definition) is 0. The van der Waals surface area contributed by atoms with Gasteiger partial charge in [0, 0.05) is 16.5 Å². The average Bonchev–Trinajstić information content (AvgIpc) is 0.918. The predicted molar refractivity (Wildman–Crippen MR) is 15.6 cm³/mol. The van der Waals surface area contributed by atoms with E-state index in [-0.39, 0.29) is 33.5 Å². The van der Waals surface area contributed by atoms with Crippen LogP contribution in [0.4, 0.5) is 0 Å². The van der Waals surface area contributed by atoms with E-state index in [4.69, 9.17) is 0 Å². The summed E-state index contributed by atoms with van der Waals surface area (Å²) in [7, 11) is 0. The van der Waals surface area contributed by atoms with Crippen LogP contribution in [-0.2, 0) is 16.5 Å². The maximum absolute atomic E-state index is 3.25. The van der Waals surface area contributed by atoms with Gasteiger partial charge in [0.1, 0.15) is 0 Å². The van der Waals surface area contributed by atoms with Crippen LogP contribution in [0.3, 0.4) is 0 Å². The Morgan fingerprint density at radius 1 is 1.40 bits per heavy atom. The van der Waals surface area contributed by atoms with Crippen molar-refractivity contribution >= 4 is 0 Å². The minimum absolute atomic E-state index is 0. The normalized spacial score (nSPS) is 2.60. The summed E-state index contributed by atoms with van der Waals surface area (Å²) in [4.78, 5) is 0. The van der Waals surface area contributed by atoms with E-state index in [0.29, 0.717) is 0 Å². The van der Waals surface area contributed by atoms with Crippen LogP contribution >= 0.6 is 0 Å². The van der Waals surface area contributed by atoms with Crippen LogP contribution in [-0.4, -0.2) is 0 Å². The second-order valence-electron chi connectivity index (χ2n) is 0.289. The van der Waals surface area contributed by atoms with Gasteiger partial charge in [-0.3, -0.25) is 0 Å². The molecule has 0 spiro atoms. The van der Waals surface area contributed by atoms with E-state index in [1.54, 1.807) is 0 Å². The van der Waals surface area contributed by atoms with Gasteiger partial charge in [0.25, 0.3) is 0 Å². The van der Waals surface area contributed by atoms with Crippen LogP contribution in [0.15, 0.2) is 12.7 Å². The van der Waals surface area contributed by atoms with Crippen LogP contribution in [0.5, 0.6) is 0 Å². The van der Waals surface area contributed by atoms with E-state index in [1.165, 1.54) is 6.08 Å². The van der Waals surface area contributed by atoms with E-state index in [0.717, 1.165) is 0 Å². The monoisotopic (exact) mass is 178 g/mol. The molecule has 0 nitrogen and oxygen atoms in total. The quantitative estimate of drug-likeness (QED) is 0.378. The molecule has 0 aliphatic heterocycles. The summed E-state index contributed by atoms with van der Waals surface area (Å²) < 4.78 is 0. The molecule has 0 saturated heterocycles. The molecule has 0 atom stereocenters. The molecule has 0 heterocycles. The Kier molecular flexibility index (Phi) is 76.3. The van der Waals surface area contributed by atoms with E-state index in [9.17, 15) is 0 Å². The standard InChI is InChI=1S/C3H5.BrH.Ni/c1-3-2;;/h3H,1-2H2;1H;/p-1. The summed E-state index contributed by atoms with van der Waals surface area (Å²) in [5.41, 5.74) is 0. The van der Waals surface area contributed by atoms with Crippen LogP contribution in [0.25, 0.3) is 0 Å². The van der Waals surface area contributed by atoms with Gasteiger partial charge in [0.2, 0.25) is 0 Å². The first-order chi connectivity index (χ1) is 1.41. The van der Waals surface area contributed by atoms with Gasteiger partial charge in [0.15, 0.2) is 0 Å². The minimum atomic E-state index is 0. The molecular weight excluding hydrogens is 175 g/mol. The molecule has 0 aromatic rings. The van der Waals surface area contributed by atoms with E-state index >= 15 is 0 Å². The zero-order valence-corrected chi connectivity index (χ0v) is 5.26. The molecule has 0 aromatic carbocycles. The molecule has 0 aliphatic carbocycles. The fourth-order valence-corrected chi connectivity index (χ4v) is 0. The van der Waals surface area contributed by atoms with Gasteiger partial charge in [-0.05, 0) is 6.92 Å². The molecule has 0 aliphatic rings. The second-order valence-corrected chi connectivity index (χ2v) is 0.289. The molecule has 0 amide bonds. The SMILES string of the molecule is [Br-].[CH2]C=C.[Ni]. The van der Waals surface area contributed by atoms with Crippen molar-refractivity contribution in [3.05, 3.63) is 19.6 Å². The first-order valence-electron chi connectivity index (χ1n) is 0.816. The van der Waals surface area contributed by atoms with E-state index in [2.05, 4.69) is 13.5 Å². The topological polar surface area (TPSA) is 0 Å². The molecule has 0 rings (SSSR count). The summed E-state index contributed by atoms with van der Waals surface area (Å²) in [5, 5.41) is 0. The largest absolute Gasteiger partial charge is 1.00 e. The Labute approximate surface area is 53.3 Å². The third-order valence-corrected chi connectivity index (χ3v) is 0. The number of rotatable bonds is 0. The summed E-state index contributed by atoms with van der Waals surface area (Å²) in [6.07, 6.45) is 1.50. The summed E-state index contributed by atoms with van der Waals surface area (Å²) >= 11 is 0. The zero-order valence-electron chi connectivity index (χ0n) is 2.69. The van der Waals surface area contributed by atoms with Crippen LogP contribution in [0.2, 0.25) is 0 Å². The van der Waals surface area contributed by atoms with Crippen LogP contribution in [0, 0.1) is 6.92 Å². The molecule has 0 fully saturated rings. The Morgan fingerprint density at radius 3 is 1.40 bits per heavy atom. The van der Waals surface area contributed by atoms with Crippen molar-refractivity contribution in [1.82, 2.24) is 0 Å². The first-order valence-corrected chi connectivity index (χ1v) is 0.816. The minimum Gasteiger partial charge on any atom is -1.00 e. The van der Waals surface area contributed by atoms with Gasteiger partial charge in [-0.1, -0.05) is 6.08 Å². The maximum Gasteiger partial charge on any atom is 0 e. The first kappa shape index (κ1) is 17.2. The molecule has 0 unspecified atom stereocenters. The Morgan fingerprint density at radius 2 is 1.40 bits per heavy atom. The molecule has 0 N–H and O–H groups in total. The molecule has 1 radical (unpaired) electrons. The molecule has 5 heavy (non-hydrogen) atoms. The third kappa shape index (κ3) is 68.2. The van der Waals surface area contributed by atoms with Gasteiger partial charge >= 0.3 is 0 Å². The Balaban J connectivity index is -0.0000000200. The number of allylic oxidation sites excluding steroid dienone is 1. The van der Waals surface area contributed by atoms with Gasteiger partial charge in [-0.25, -0.2) is 0 Å². The van der Waals surface area contributed by atoms with Crippen LogP contribution < -0.4 is 17.0 Å². The molecule has 0 aromatic heterocycles. The molecule has 35 valence electrons. The smallest absolute Gasteiger partial charge is 0 e. The van der Waals surface area contributed by atoms with Crippen molar-refractivity contribution in [1.29, 1.82) is 0 Å². The summed E-state index contributed by atoms with van der Waals surface area (Å²) in [5.74, 6) is 0. The average molecular weight is 180 g/mol. The van der Waals surface area contributed by atoms with Gasteiger partial charge < -0.3 is 17.0 Å². The second kappa shape index (κ2) is 22.1. The third-order valence-electron chi connectivity index (χ3n) is 0. The van der Waals surface area contributed by atoms with Gasteiger partial charge in [0.05, 0.1) is 0 Å². The number of halogens is 1. The predicted octanol–water partition coefficient (Wildman–Crippen LogP) is -1.99. The molecule has 2 heteroatoms. The van der Waals surface area contributed by atoms with Crippen molar-refractivity contribution in [2.75, 3.05) is 0 Å². The van der Waals surface area contributed by atoms with Crippen molar-refractivity contribution in [2.24, 2.45) is 0 Å². The summed E-state index contributed by atoms with van der Waals surface area (Å²) in [6.45, 7) is 6.50. The van der Waals surface area contributed by atoms with Crippen molar-refractivity contribution in [3.8, 4) is 0 Å². The van der Waals surface area contributed by atoms with Crippen LogP contribution in [0.1, 0.15) is 0 Å². The maximum atomic E-state index is 3.25. The van der Waals surface area contributed by atoms with E-state index < -0.39 is 0 Å². The molecule has 0 bridgehead atoms. The fraction of sp³-hybridized carbons (Fsp3) is 0. The van der Waals surface area contributed by atoms with E-state index in [1.807, 2.05) is 0 Å². The van der Waals surface area contributed by atoms with Crippen molar-refractivity contribution < 1.29 is 33.5 Å². The number of hydrogen-bond acceptors (Lipinski definition) is 0. The fourth-order valence-electron chi connectivity index (χ4n) is 0. The molecular formula is C3H5BrNi-. The van der Waals surface area contributed by atoms with Crippen molar-refractivity contribution in [3.63, 3.8) is 0 Å².